The second-order valence-corrected chi connectivity index (χ2v) is 7.04. The van der Waals surface area contributed by atoms with Crippen molar-refractivity contribution in [1.82, 2.24) is 5.32 Å². The molecule has 0 spiro atoms. The fourth-order valence-corrected chi connectivity index (χ4v) is 3.88. The van der Waals surface area contributed by atoms with E-state index < -0.39 is 9.84 Å². The molecule has 2 N–H and O–H groups in total. The minimum absolute atomic E-state index is 0.0502. The van der Waals surface area contributed by atoms with Crippen molar-refractivity contribution in [3.8, 4) is 0 Å². The van der Waals surface area contributed by atoms with Gasteiger partial charge in [0.05, 0.1) is 18.1 Å². The lowest BCUT2D eigenvalue weighted by atomic mass is 10.1. The summed E-state index contributed by atoms with van der Waals surface area (Å²) in [4.78, 5) is 0. The van der Waals surface area contributed by atoms with E-state index in [1.807, 2.05) is 24.3 Å². The van der Waals surface area contributed by atoms with Crippen molar-refractivity contribution in [3.05, 3.63) is 35.4 Å². The minimum Gasteiger partial charge on any atom is -0.392 e. The Balaban J connectivity index is 1.87. The second kappa shape index (κ2) is 5.82. The number of benzene rings is 1. The molecule has 1 aromatic rings. The smallest absolute Gasteiger partial charge is 0.151 e. The minimum atomic E-state index is -2.84. The average molecular weight is 269 g/mol. The van der Waals surface area contributed by atoms with Crippen LogP contribution in [0.25, 0.3) is 0 Å². The van der Waals surface area contributed by atoms with Crippen LogP contribution in [-0.2, 0) is 23.0 Å². The van der Waals surface area contributed by atoms with E-state index in [4.69, 9.17) is 5.11 Å². The van der Waals surface area contributed by atoms with E-state index in [2.05, 4.69) is 5.32 Å². The summed E-state index contributed by atoms with van der Waals surface area (Å²) in [6.45, 7) is 0.723. The van der Waals surface area contributed by atoms with Crippen molar-refractivity contribution in [2.75, 3.05) is 11.5 Å². The van der Waals surface area contributed by atoms with E-state index in [1.54, 1.807) is 0 Å². The predicted octanol–water partition coefficient (Wildman–Crippen LogP) is 0.846. The van der Waals surface area contributed by atoms with Gasteiger partial charge in [0, 0.05) is 12.6 Å². The summed E-state index contributed by atoms with van der Waals surface area (Å²) in [6, 6.07) is 7.75. The molecule has 4 nitrogen and oxygen atoms in total. The summed E-state index contributed by atoms with van der Waals surface area (Å²) >= 11 is 0. The zero-order valence-corrected chi connectivity index (χ0v) is 11.1. The maximum absolute atomic E-state index is 11.5. The first-order valence-corrected chi connectivity index (χ1v) is 8.04. The SMILES string of the molecule is O=S1(=O)CCCC(NCc2ccc(CO)cc2)C1. The van der Waals surface area contributed by atoms with Gasteiger partial charge in [-0.15, -0.1) is 0 Å². The Morgan fingerprint density at radius 2 is 1.89 bits per heavy atom. The largest absolute Gasteiger partial charge is 0.392 e. The summed E-state index contributed by atoms with van der Waals surface area (Å²) in [5, 5.41) is 12.2. The van der Waals surface area contributed by atoms with Crippen LogP contribution >= 0.6 is 0 Å². The van der Waals surface area contributed by atoms with Crippen LogP contribution < -0.4 is 5.32 Å². The Kier molecular flexibility index (Phi) is 4.37. The number of rotatable bonds is 4. The third kappa shape index (κ3) is 3.80. The molecule has 1 aliphatic heterocycles. The van der Waals surface area contributed by atoms with Gasteiger partial charge in [-0.1, -0.05) is 24.3 Å². The fraction of sp³-hybridized carbons (Fsp3) is 0.538. The highest BCUT2D eigenvalue weighted by Crippen LogP contribution is 2.13. The third-order valence-electron chi connectivity index (χ3n) is 3.26. The quantitative estimate of drug-likeness (QED) is 0.850. The Bertz CT molecular complexity index is 481. The van der Waals surface area contributed by atoms with Gasteiger partial charge in [-0.05, 0) is 24.0 Å². The van der Waals surface area contributed by atoms with Crippen LogP contribution in [0.15, 0.2) is 24.3 Å². The summed E-state index contributed by atoms with van der Waals surface area (Å²) in [5.41, 5.74) is 1.99. The normalized spacial score (nSPS) is 22.8. The molecule has 2 rings (SSSR count). The number of aliphatic hydroxyl groups excluding tert-OH is 1. The lowest BCUT2D eigenvalue weighted by molar-refractivity contribution is 0.282. The van der Waals surface area contributed by atoms with Gasteiger partial charge >= 0.3 is 0 Å². The number of hydrogen-bond donors (Lipinski definition) is 2. The molecule has 1 unspecified atom stereocenters. The average Bonchev–Trinajstić information content (AvgIpc) is 2.36. The van der Waals surface area contributed by atoms with Crippen molar-refractivity contribution >= 4 is 9.84 Å². The standard InChI is InChI=1S/C13H19NO3S/c15-9-12-5-3-11(4-6-12)8-14-13-2-1-7-18(16,17)10-13/h3-6,13-15H,1-2,7-10H2. The van der Waals surface area contributed by atoms with Crippen LogP contribution in [0.5, 0.6) is 0 Å². The molecule has 18 heavy (non-hydrogen) atoms. The molecule has 1 fully saturated rings. The van der Waals surface area contributed by atoms with E-state index in [0.717, 1.165) is 24.0 Å². The Morgan fingerprint density at radius 1 is 1.22 bits per heavy atom. The van der Waals surface area contributed by atoms with Gasteiger partial charge in [-0.3, -0.25) is 0 Å². The summed E-state index contributed by atoms with van der Waals surface area (Å²) < 4.78 is 23.0. The summed E-state index contributed by atoms with van der Waals surface area (Å²) in [6.07, 6.45) is 1.68. The summed E-state index contributed by atoms with van der Waals surface area (Å²) in [5.74, 6) is 0.581. The van der Waals surface area contributed by atoms with Gasteiger partial charge in [-0.2, -0.15) is 0 Å². The molecule has 0 amide bonds. The zero-order valence-electron chi connectivity index (χ0n) is 10.3. The van der Waals surface area contributed by atoms with Gasteiger partial charge in [0.1, 0.15) is 0 Å². The van der Waals surface area contributed by atoms with E-state index in [1.165, 1.54) is 0 Å². The van der Waals surface area contributed by atoms with E-state index in [0.29, 0.717) is 12.3 Å². The van der Waals surface area contributed by atoms with Crippen molar-refractivity contribution in [2.24, 2.45) is 0 Å². The zero-order chi connectivity index (χ0) is 13.0. The van der Waals surface area contributed by atoms with Gasteiger partial charge in [-0.25, -0.2) is 8.42 Å². The second-order valence-electron chi connectivity index (χ2n) is 4.81. The van der Waals surface area contributed by atoms with Gasteiger partial charge in [0.15, 0.2) is 9.84 Å². The highest BCUT2D eigenvalue weighted by molar-refractivity contribution is 7.91. The molecular formula is C13H19NO3S. The molecule has 1 heterocycles. The molecule has 1 aromatic carbocycles. The Labute approximate surface area is 108 Å². The first-order chi connectivity index (χ1) is 8.59. The molecule has 1 aliphatic rings. The van der Waals surface area contributed by atoms with E-state index in [-0.39, 0.29) is 18.4 Å². The molecule has 0 aliphatic carbocycles. The number of aliphatic hydroxyl groups is 1. The number of hydrogen-bond acceptors (Lipinski definition) is 4. The fourth-order valence-electron chi connectivity index (χ4n) is 2.21. The highest BCUT2D eigenvalue weighted by Gasteiger charge is 2.23. The molecule has 1 atom stereocenters. The van der Waals surface area contributed by atoms with Crippen LogP contribution in [0.1, 0.15) is 24.0 Å². The van der Waals surface area contributed by atoms with Crippen molar-refractivity contribution in [1.29, 1.82) is 0 Å². The van der Waals surface area contributed by atoms with Crippen LogP contribution in [0.2, 0.25) is 0 Å². The highest BCUT2D eigenvalue weighted by atomic mass is 32.2. The van der Waals surface area contributed by atoms with Crippen LogP contribution in [0.4, 0.5) is 0 Å². The van der Waals surface area contributed by atoms with Crippen molar-refractivity contribution in [2.45, 2.75) is 32.0 Å². The van der Waals surface area contributed by atoms with Gasteiger partial charge in [0.25, 0.3) is 0 Å². The van der Waals surface area contributed by atoms with Crippen LogP contribution in [0, 0.1) is 0 Å². The topological polar surface area (TPSA) is 66.4 Å². The lowest BCUT2D eigenvalue weighted by Crippen LogP contribution is -2.39. The van der Waals surface area contributed by atoms with Gasteiger partial charge in [0.2, 0.25) is 0 Å². The first-order valence-electron chi connectivity index (χ1n) is 6.21. The predicted molar refractivity (Wildman–Crippen MR) is 70.9 cm³/mol. The van der Waals surface area contributed by atoms with Crippen LogP contribution in [0.3, 0.4) is 0 Å². The molecule has 0 saturated carbocycles. The Morgan fingerprint density at radius 3 is 2.50 bits per heavy atom. The maximum Gasteiger partial charge on any atom is 0.151 e. The number of nitrogens with one attached hydrogen (secondary N) is 1. The first kappa shape index (κ1) is 13.5. The third-order valence-corrected chi connectivity index (χ3v) is 5.08. The molecule has 1 saturated heterocycles. The van der Waals surface area contributed by atoms with Gasteiger partial charge < -0.3 is 10.4 Å². The Hall–Kier alpha value is -0.910. The number of sulfone groups is 1. The molecular weight excluding hydrogens is 250 g/mol. The molecule has 5 heteroatoms. The van der Waals surface area contributed by atoms with Crippen molar-refractivity contribution in [3.63, 3.8) is 0 Å². The molecule has 0 radical (unpaired) electrons. The van der Waals surface area contributed by atoms with Crippen molar-refractivity contribution < 1.29 is 13.5 Å². The van der Waals surface area contributed by atoms with Crippen LogP contribution in [-0.4, -0.2) is 31.1 Å². The molecule has 0 bridgehead atoms. The van der Waals surface area contributed by atoms with E-state index in [9.17, 15) is 8.42 Å². The maximum atomic E-state index is 11.5. The molecule has 100 valence electrons. The monoisotopic (exact) mass is 269 g/mol. The summed E-state index contributed by atoms with van der Waals surface area (Å²) in [7, 11) is -2.84. The lowest BCUT2D eigenvalue weighted by Gasteiger charge is -2.23. The van der Waals surface area contributed by atoms with E-state index >= 15 is 0 Å². The molecule has 0 aromatic heterocycles.